The number of phenolic OH excluding ortho intramolecular Hbond substituents is 1. The summed E-state index contributed by atoms with van der Waals surface area (Å²) in [5.41, 5.74) is 0.258. The van der Waals surface area contributed by atoms with Gasteiger partial charge in [-0.25, -0.2) is 4.79 Å². The quantitative estimate of drug-likeness (QED) is 0.653. The lowest BCUT2D eigenvalue weighted by Crippen LogP contribution is -2.44. The normalized spacial score (nSPS) is 19.0. The Morgan fingerprint density at radius 1 is 1.38 bits per heavy atom. The van der Waals surface area contributed by atoms with Gasteiger partial charge in [-0.1, -0.05) is 12.5 Å². The Morgan fingerprint density at radius 2 is 2.14 bits per heavy atom. The van der Waals surface area contributed by atoms with Gasteiger partial charge in [0.1, 0.15) is 5.56 Å². The molecule has 1 aliphatic heterocycles. The van der Waals surface area contributed by atoms with Gasteiger partial charge in [-0.05, 0) is 38.6 Å². The molecule has 1 heterocycles. The van der Waals surface area contributed by atoms with Crippen LogP contribution in [0.25, 0.3) is 0 Å². The molecule has 0 spiro atoms. The molecule has 1 amide bonds. The highest BCUT2D eigenvalue weighted by Gasteiger charge is 2.26. The summed E-state index contributed by atoms with van der Waals surface area (Å²) in [6.45, 7) is 0.881. The molecule has 2 rings (SSSR count). The van der Waals surface area contributed by atoms with Gasteiger partial charge in [0.15, 0.2) is 5.75 Å². The Bertz CT molecular complexity index is 544. The Kier molecular flexibility index (Phi) is 4.80. The van der Waals surface area contributed by atoms with Crippen LogP contribution >= 0.6 is 0 Å². The van der Waals surface area contributed by atoms with E-state index in [-0.39, 0.29) is 28.9 Å². The average Bonchev–Trinajstić information content (AvgIpc) is 2.49. The SMILES string of the molecule is COC(=O)c1cccc(NC(=O)[C@@H]2CCCCN2C)c1O. The molecule has 1 aliphatic rings. The van der Waals surface area contributed by atoms with Gasteiger partial charge in [0.25, 0.3) is 0 Å². The third-order valence-corrected chi connectivity index (χ3v) is 3.77. The van der Waals surface area contributed by atoms with Crippen molar-refractivity contribution in [2.45, 2.75) is 25.3 Å². The Morgan fingerprint density at radius 3 is 2.81 bits per heavy atom. The second-order valence-corrected chi connectivity index (χ2v) is 5.17. The van der Waals surface area contributed by atoms with Crippen molar-refractivity contribution in [2.24, 2.45) is 0 Å². The molecule has 0 unspecified atom stereocenters. The van der Waals surface area contributed by atoms with E-state index in [0.717, 1.165) is 25.8 Å². The molecule has 6 nitrogen and oxygen atoms in total. The standard InChI is InChI=1S/C15H20N2O4/c1-17-9-4-3-8-12(17)14(19)16-11-7-5-6-10(13(11)18)15(20)21-2/h5-7,12,18H,3-4,8-9H2,1-2H3,(H,16,19)/t12-/m0/s1. The fraction of sp³-hybridized carbons (Fsp3) is 0.467. The second-order valence-electron chi connectivity index (χ2n) is 5.17. The largest absolute Gasteiger partial charge is 0.505 e. The molecule has 0 saturated carbocycles. The molecule has 1 aromatic carbocycles. The number of likely N-dealkylation sites (tertiary alicyclic amines) is 1. The van der Waals surface area contributed by atoms with Crippen LogP contribution in [0.1, 0.15) is 29.6 Å². The number of hydrogen-bond acceptors (Lipinski definition) is 5. The summed E-state index contributed by atoms with van der Waals surface area (Å²) in [6.07, 6.45) is 2.89. The number of carbonyl (C=O) groups excluding carboxylic acids is 2. The van der Waals surface area contributed by atoms with Gasteiger partial charge in [-0.15, -0.1) is 0 Å². The zero-order valence-corrected chi connectivity index (χ0v) is 12.3. The number of methoxy groups -OCH3 is 1. The number of esters is 1. The number of likely N-dealkylation sites (N-methyl/N-ethyl adjacent to an activating group) is 1. The van der Waals surface area contributed by atoms with Crippen molar-refractivity contribution in [3.63, 3.8) is 0 Å². The van der Waals surface area contributed by atoms with Crippen molar-refractivity contribution in [3.05, 3.63) is 23.8 Å². The molecule has 0 aromatic heterocycles. The number of aromatic hydroxyl groups is 1. The Balaban J connectivity index is 2.16. The van der Waals surface area contributed by atoms with Crippen LogP contribution in [-0.2, 0) is 9.53 Å². The lowest BCUT2D eigenvalue weighted by atomic mass is 10.0. The molecular formula is C15H20N2O4. The van der Waals surface area contributed by atoms with Crippen molar-refractivity contribution in [3.8, 4) is 5.75 Å². The maximum Gasteiger partial charge on any atom is 0.341 e. The highest BCUT2D eigenvalue weighted by atomic mass is 16.5. The third-order valence-electron chi connectivity index (χ3n) is 3.77. The number of amides is 1. The fourth-order valence-corrected chi connectivity index (χ4v) is 2.54. The minimum atomic E-state index is -0.640. The molecule has 2 N–H and O–H groups in total. The minimum absolute atomic E-state index is 0.0345. The van der Waals surface area contributed by atoms with Gasteiger partial charge in [-0.2, -0.15) is 0 Å². The summed E-state index contributed by atoms with van der Waals surface area (Å²) in [6, 6.07) is 4.39. The topological polar surface area (TPSA) is 78.9 Å². The number of phenols is 1. The molecule has 21 heavy (non-hydrogen) atoms. The first-order valence-corrected chi connectivity index (χ1v) is 6.96. The van der Waals surface area contributed by atoms with E-state index in [0.29, 0.717) is 0 Å². The van der Waals surface area contributed by atoms with Crippen LogP contribution in [-0.4, -0.2) is 48.6 Å². The number of hydrogen-bond donors (Lipinski definition) is 2. The third kappa shape index (κ3) is 3.33. The molecular weight excluding hydrogens is 272 g/mol. The number of benzene rings is 1. The van der Waals surface area contributed by atoms with E-state index >= 15 is 0 Å². The van der Waals surface area contributed by atoms with Gasteiger partial charge >= 0.3 is 5.97 Å². The van der Waals surface area contributed by atoms with E-state index in [1.807, 2.05) is 11.9 Å². The van der Waals surface area contributed by atoms with Crippen molar-refractivity contribution in [1.29, 1.82) is 0 Å². The summed E-state index contributed by atoms with van der Waals surface area (Å²) < 4.78 is 4.59. The number of anilines is 1. The minimum Gasteiger partial charge on any atom is -0.505 e. The summed E-state index contributed by atoms with van der Waals surface area (Å²) >= 11 is 0. The van der Waals surface area contributed by atoms with Crippen LogP contribution in [0.4, 0.5) is 5.69 Å². The monoisotopic (exact) mass is 292 g/mol. The summed E-state index contributed by atoms with van der Waals surface area (Å²) in [4.78, 5) is 25.8. The molecule has 0 bridgehead atoms. The summed E-state index contributed by atoms with van der Waals surface area (Å²) in [7, 11) is 3.15. The van der Waals surface area contributed by atoms with Crippen LogP contribution in [0.3, 0.4) is 0 Å². The zero-order valence-electron chi connectivity index (χ0n) is 12.3. The highest BCUT2D eigenvalue weighted by Crippen LogP contribution is 2.28. The molecule has 1 fully saturated rings. The van der Waals surface area contributed by atoms with Crippen LogP contribution in [0.5, 0.6) is 5.75 Å². The van der Waals surface area contributed by atoms with E-state index < -0.39 is 5.97 Å². The first-order valence-electron chi connectivity index (χ1n) is 6.96. The predicted molar refractivity (Wildman–Crippen MR) is 78.3 cm³/mol. The van der Waals surface area contributed by atoms with Crippen molar-refractivity contribution < 1.29 is 19.4 Å². The van der Waals surface area contributed by atoms with Crippen LogP contribution in [0.15, 0.2) is 18.2 Å². The second kappa shape index (κ2) is 6.58. The molecule has 0 aliphatic carbocycles. The van der Waals surface area contributed by atoms with E-state index in [1.165, 1.54) is 13.2 Å². The Hall–Kier alpha value is -2.08. The molecule has 1 aromatic rings. The lowest BCUT2D eigenvalue weighted by Gasteiger charge is -2.31. The van der Waals surface area contributed by atoms with Crippen LogP contribution in [0.2, 0.25) is 0 Å². The number of nitrogens with zero attached hydrogens (tertiary/aromatic N) is 1. The molecule has 114 valence electrons. The van der Waals surface area contributed by atoms with E-state index in [1.54, 1.807) is 12.1 Å². The number of carbonyl (C=O) groups is 2. The molecule has 0 radical (unpaired) electrons. The van der Waals surface area contributed by atoms with E-state index in [9.17, 15) is 14.7 Å². The molecule has 6 heteroatoms. The number of ether oxygens (including phenoxy) is 1. The van der Waals surface area contributed by atoms with Gasteiger partial charge in [0.2, 0.25) is 5.91 Å². The lowest BCUT2D eigenvalue weighted by molar-refractivity contribution is -0.121. The first-order chi connectivity index (χ1) is 10.0. The van der Waals surface area contributed by atoms with Crippen molar-refractivity contribution >= 4 is 17.6 Å². The number of nitrogens with one attached hydrogen (secondary N) is 1. The molecule has 1 saturated heterocycles. The first kappa shape index (κ1) is 15.3. The molecule has 1 atom stereocenters. The zero-order chi connectivity index (χ0) is 15.4. The van der Waals surface area contributed by atoms with Gasteiger partial charge < -0.3 is 15.2 Å². The maximum atomic E-state index is 12.3. The van der Waals surface area contributed by atoms with Gasteiger partial charge in [-0.3, -0.25) is 9.69 Å². The van der Waals surface area contributed by atoms with Gasteiger partial charge in [0.05, 0.1) is 18.8 Å². The van der Waals surface area contributed by atoms with Crippen LogP contribution < -0.4 is 5.32 Å². The fourth-order valence-electron chi connectivity index (χ4n) is 2.54. The van der Waals surface area contributed by atoms with Gasteiger partial charge in [0, 0.05) is 0 Å². The number of rotatable bonds is 3. The van der Waals surface area contributed by atoms with Crippen molar-refractivity contribution in [2.75, 3.05) is 26.0 Å². The summed E-state index contributed by atoms with van der Waals surface area (Å²) in [5.74, 6) is -1.08. The predicted octanol–water partition coefficient (Wildman–Crippen LogP) is 1.60. The van der Waals surface area contributed by atoms with E-state index in [2.05, 4.69) is 10.1 Å². The summed E-state index contributed by atoms with van der Waals surface area (Å²) in [5, 5.41) is 12.8. The van der Waals surface area contributed by atoms with E-state index in [4.69, 9.17) is 0 Å². The smallest absolute Gasteiger partial charge is 0.341 e. The average molecular weight is 292 g/mol. The number of para-hydroxylation sites is 1. The number of piperidine rings is 1. The van der Waals surface area contributed by atoms with Crippen LogP contribution in [0, 0.1) is 0 Å². The Labute approximate surface area is 123 Å². The van der Waals surface area contributed by atoms with Crippen molar-refractivity contribution in [1.82, 2.24) is 4.90 Å². The maximum absolute atomic E-state index is 12.3. The highest BCUT2D eigenvalue weighted by molar-refractivity contribution is 6.00.